The van der Waals surface area contributed by atoms with E-state index in [2.05, 4.69) is 223 Å². The molecule has 0 unspecified atom stereocenters. The lowest BCUT2D eigenvalue weighted by molar-refractivity contribution is 0.660. The fraction of sp³-hybridized carbons (Fsp3) is 0.0536. The van der Waals surface area contributed by atoms with Crippen molar-refractivity contribution in [3.05, 3.63) is 211 Å². The van der Waals surface area contributed by atoms with Gasteiger partial charge in [-0.25, -0.2) is 4.98 Å². The molecule has 0 aliphatic heterocycles. The predicted molar refractivity (Wildman–Crippen MR) is 247 cm³/mol. The summed E-state index contributed by atoms with van der Waals surface area (Å²) in [6.07, 6.45) is 0. The zero-order valence-corrected chi connectivity index (χ0v) is 32.9. The Morgan fingerprint density at radius 1 is 0.356 bits per heavy atom. The van der Waals surface area contributed by atoms with Gasteiger partial charge in [0.25, 0.3) is 0 Å². The Balaban J connectivity index is 1.16. The van der Waals surface area contributed by atoms with E-state index in [4.69, 9.17) is 4.98 Å². The molecule has 0 spiro atoms. The van der Waals surface area contributed by atoms with Crippen molar-refractivity contribution in [2.75, 3.05) is 0 Å². The van der Waals surface area contributed by atoms with Crippen molar-refractivity contribution >= 4 is 43.6 Å². The molecule has 0 radical (unpaired) electrons. The molecule has 12 rings (SSSR count). The van der Waals surface area contributed by atoms with Crippen LogP contribution in [-0.4, -0.2) is 14.1 Å². The summed E-state index contributed by atoms with van der Waals surface area (Å²) >= 11 is 0. The van der Waals surface area contributed by atoms with Crippen LogP contribution in [0.3, 0.4) is 0 Å². The third-order valence-electron chi connectivity index (χ3n) is 12.7. The summed E-state index contributed by atoms with van der Waals surface area (Å²) in [7, 11) is 0. The third-order valence-corrected chi connectivity index (χ3v) is 12.7. The first kappa shape index (κ1) is 33.6. The van der Waals surface area contributed by atoms with Crippen LogP contribution < -0.4 is 0 Å². The van der Waals surface area contributed by atoms with E-state index in [0.717, 1.165) is 33.7 Å². The van der Waals surface area contributed by atoms with E-state index in [-0.39, 0.29) is 5.41 Å². The van der Waals surface area contributed by atoms with Crippen molar-refractivity contribution in [3.63, 3.8) is 0 Å². The standard InChI is InChI=1S/C56H39N3/c1-56(2)48-22-12-9-19-42(48)43-30-29-40(33-49(43)56)58-52-23-13-10-20-44(52)46-31-32-47-45-21-11-14-24-53(45)59(55(47)54(46)58)41-34-50(38-17-7-4-8-18-38)57-51(35-41)39-27-25-37(26-28-39)36-15-5-3-6-16-36/h3-35H,1-2H3. The molecular formula is C56H39N3. The first-order chi connectivity index (χ1) is 29.0. The smallest absolute Gasteiger partial charge is 0.0788 e. The summed E-state index contributed by atoms with van der Waals surface area (Å²) in [5.41, 5.74) is 18.7. The Morgan fingerprint density at radius 3 is 1.47 bits per heavy atom. The van der Waals surface area contributed by atoms with Crippen molar-refractivity contribution in [1.82, 2.24) is 14.1 Å². The Bertz CT molecular complexity index is 3440. The van der Waals surface area contributed by atoms with Crippen LogP contribution in [-0.2, 0) is 5.41 Å². The van der Waals surface area contributed by atoms with Crippen LogP contribution in [0.25, 0.3) is 99.8 Å². The minimum absolute atomic E-state index is 0.120. The maximum Gasteiger partial charge on any atom is 0.0788 e. The van der Waals surface area contributed by atoms with Crippen LogP contribution in [0.1, 0.15) is 25.0 Å². The molecule has 59 heavy (non-hydrogen) atoms. The summed E-state index contributed by atoms with van der Waals surface area (Å²) in [6, 6.07) is 72.9. The van der Waals surface area contributed by atoms with Crippen LogP contribution in [0.2, 0.25) is 0 Å². The highest BCUT2D eigenvalue weighted by Crippen LogP contribution is 2.50. The number of hydrogen-bond acceptors (Lipinski definition) is 1. The molecule has 11 aromatic rings. The molecule has 3 heteroatoms. The van der Waals surface area contributed by atoms with Crippen LogP contribution in [0.4, 0.5) is 0 Å². The number of benzene rings is 8. The van der Waals surface area contributed by atoms with Gasteiger partial charge >= 0.3 is 0 Å². The largest absolute Gasteiger partial charge is 0.307 e. The lowest BCUT2D eigenvalue weighted by Gasteiger charge is -2.22. The van der Waals surface area contributed by atoms with Crippen molar-refractivity contribution < 1.29 is 0 Å². The molecule has 278 valence electrons. The SMILES string of the molecule is CC1(C)c2ccccc2-c2ccc(-n3c4ccccc4c4ccc5c6ccccc6n(-c6cc(-c7ccccc7)nc(-c7ccc(-c8ccccc8)cc7)c6)c5c43)cc21. The van der Waals surface area contributed by atoms with Crippen LogP contribution >= 0.6 is 0 Å². The molecule has 8 aromatic carbocycles. The van der Waals surface area contributed by atoms with Gasteiger partial charge < -0.3 is 9.13 Å². The fourth-order valence-electron chi connectivity index (χ4n) is 9.88. The molecule has 0 atom stereocenters. The van der Waals surface area contributed by atoms with Crippen LogP contribution in [0.5, 0.6) is 0 Å². The first-order valence-corrected chi connectivity index (χ1v) is 20.5. The average molecular weight is 754 g/mol. The molecule has 3 heterocycles. The number of pyridine rings is 1. The molecule has 0 bridgehead atoms. The molecule has 1 aliphatic carbocycles. The Labute approximate surface area is 343 Å². The van der Waals surface area contributed by atoms with Gasteiger partial charge in [-0.2, -0.15) is 0 Å². The van der Waals surface area contributed by atoms with Gasteiger partial charge in [-0.05, 0) is 69.8 Å². The van der Waals surface area contributed by atoms with Gasteiger partial charge in [0.1, 0.15) is 0 Å². The summed E-state index contributed by atoms with van der Waals surface area (Å²) in [5.74, 6) is 0. The molecule has 3 aromatic heterocycles. The predicted octanol–water partition coefficient (Wildman–Crippen LogP) is 14.6. The van der Waals surface area contributed by atoms with E-state index < -0.39 is 0 Å². The molecule has 0 fully saturated rings. The number of para-hydroxylation sites is 2. The highest BCUT2D eigenvalue weighted by atomic mass is 15.0. The molecule has 0 saturated carbocycles. The molecule has 0 amide bonds. The topological polar surface area (TPSA) is 22.8 Å². The second-order valence-corrected chi connectivity index (χ2v) is 16.4. The monoisotopic (exact) mass is 753 g/mol. The maximum atomic E-state index is 5.35. The molecule has 3 nitrogen and oxygen atoms in total. The number of aromatic nitrogens is 3. The second kappa shape index (κ2) is 12.8. The molecule has 1 aliphatic rings. The minimum atomic E-state index is -0.120. The quantitative estimate of drug-likeness (QED) is 0.172. The zero-order chi connectivity index (χ0) is 39.2. The van der Waals surface area contributed by atoms with E-state index in [1.165, 1.54) is 77.2 Å². The normalized spacial score (nSPS) is 13.1. The highest BCUT2D eigenvalue weighted by Gasteiger charge is 2.35. The average Bonchev–Trinajstić information content (AvgIpc) is 3.90. The van der Waals surface area contributed by atoms with E-state index in [0.29, 0.717) is 0 Å². The van der Waals surface area contributed by atoms with Crippen molar-refractivity contribution in [3.8, 4) is 56.1 Å². The third kappa shape index (κ3) is 5.04. The summed E-state index contributed by atoms with van der Waals surface area (Å²) < 4.78 is 5.01. The summed E-state index contributed by atoms with van der Waals surface area (Å²) in [6.45, 7) is 4.73. The number of nitrogens with zero attached hydrogens (tertiary/aromatic N) is 3. The van der Waals surface area contributed by atoms with Crippen molar-refractivity contribution in [1.29, 1.82) is 0 Å². The number of rotatable bonds is 5. The van der Waals surface area contributed by atoms with Crippen molar-refractivity contribution in [2.45, 2.75) is 19.3 Å². The van der Waals surface area contributed by atoms with Gasteiger partial charge in [-0.1, -0.05) is 178 Å². The van der Waals surface area contributed by atoms with E-state index in [1.807, 2.05) is 0 Å². The summed E-state index contributed by atoms with van der Waals surface area (Å²) in [5, 5.41) is 4.91. The molecule has 0 saturated heterocycles. The Hall–Kier alpha value is -7.49. The number of fused-ring (bicyclic) bond motifs is 10. The maximum absolute atomic E-state index is 5.35. The van der Waals surface area contributed by atoms with E-state index >= 15 is 0 Å². The van der Waals surface area contributed by atoms with Gasteiger partial charge in [0.05, 0.1) is 39.1 Å². The first-order valence-electron chi connectivity index (χ1n) is 20.5. The van der Waals surface area contributed by atoms with Gasteiger partial charge in [0.15, 0.2) is 0 Å². The van der Waals surface area contributed by atoms with E-state index in [1.54, 1.807) is 0 Å². The van der Waals surface area contributed by atoms with Crippen LogP contribution in [0.15, 0.2) is 200 Å². The molecule has 0 N–H and O–H groups in total. The zero-order valence-electron chi connectivity index (χ0n) is 32.9. The van der Waals surface area contributed by atoms with Crippen molar-refractivity contribution in [2.24, 2.45) is 0 Å². The summed E-state index contributed by atoms with van der Waals surface area (Å²) in [4.78, 5) is 5.35. The number of hydrogen-bond donors (Lipinski definition) is 0. The van der Waals surface area contributed by atoms with Gasteiger partial charge in [0, 0.05) is 43.8 Å². The molecular weight excluding hydrogens is 715 g/mol. The van der Waals surface area contributed by atoms with Crippen LogP contribution in [0, 0.1) is 0 Å². The Kier molecular flexibility index (Phi) is 7.27. The van der Waals surface area contributed by atoms with Gasteiger partial charge in [0.2, 0.25) is 0 Å². The lowest BCUT2D eigenvalue weighted by atomic mass is 9.82. The Morgan fingerprint density at radius 2 is 0.831 bits per heavy atom. The lowest BCUT2D eigenvalue weighted by Crippen LogP contribution is -2.15. The van der Waals surface area contributed by atoms with E-state index in [9.17, 15) is 0 Å². The minimum Gasteiger partial charge on any atom is -0.307 e. The van der Waals surface area contributed by atoms with Gasteiger partial charge in [-0.3, -0.25) is 0 Å². The second-order valence-electron chi connectivity index (χ2n) is 16.4. The van der Waals surface area contributed by atoms with Gasteiger partial charge in [-0.15, -0.1) is 0 Å². The highest BCUT2D eigenvalue weighted by molar-refractivity contribution is 6.24. The fourth-order valence-corrected chi connectivity index (χ4v) is 9.88.